The van der Waals surface area contributed by atoms with E-state index in [9.17, 15) is 4.79 Å². The SMILES string of the molecule is CC(C)Oc1ccc(NC(=O)CCN2CCN(c3ncccn3)CC2)cc1. The highest BCUT2D eigenvalue weighted by Crippen LogP contribution is 2.17. The van der Waals surface area contributed by atoms with Gasteiger partial charge in [-0.05, 0) is 44.2 Å². The Morgan fingerprint density at radius 2 is 1.78 bits per heavy atom. The Morgan fingerprint density at radius 1 is 1.11 bits per heavy atom. The van der Waals surface area contributed by atoms with E-state index in [2.05, 4.69) is 25.1 Å². The van der Waals surface area contributed by atoms with Gasteiger partial charge in [0.2, 0.25) is 11.9 Å². The standard InChI is InChI=1S/C20H27N5O2/c1-16(2)27-18-6-4-17(5-7-18)23-19(26)8-11-24-12-14-25(15-13-24)20-21-9-3-10-22-20/h3-7,9-10,16H,8,11-15H2,1-2H3,(H,23,26). The normalized spacial score (nSPS) is 15.0. The highest BCUT2D eigenvalue weighted by Gasteiger charge is 2.19. The van der Waals surface area contributed by atoms with Crippen molar-refractivity contribution in [3.05, 3.63) is 42.7 Å². The van der Waals surface area contributed by atoms with E-state index in [1.165, 1.54) is 0 Å². The average molecular weight is 369 g/mol. The van der Waals surface area contributed by atoms with Crippen molar-refractivity contribution < 1.29 is 9.53 Å². The number of hydrogen-bond acceptors (Lipinski definition) is 6. The summed E-state index contributed by atoms with van der Waals surface area (Å²) in [4.78, 5) is 25.3. The Balaban J connectivity index is 1.38. The van der Waals surface area contributed by atoms with Crippen molar-refractivity contribution in [1.29, 1.82) is 0 Å². The third-order valence-electron chi connectivity index (χ3n) is 4.37. The highest BCUT2D eigenvalue weighted by atomic mass is 16.5. The molecule has 0 spiro atoms. The van der Waals surface area contributed by atoms with Crippen molar-refractivity contribution in [2.24, 2.45) is 0 Å². The van der Waals surface area contributed by atoms with Crippen molar-refractivity contribution in [3.8, 4) is 5.75 Å². The zero-order valence-electron chi connectivity index (χ0n) is 16.0. The number of piperazine rings is 1. The van der Waals surface area contributed by atoms with E-state index in [0.717, 1.165) is 50.1 Å². The van der Waals surface area contributed by atoms with Gasteiger partial charge in [-0.2, -0.15) is 0 Å². The van der Waals surface area contributed by atoms with E-state index in [1.807, 2.05) is 44.2 Å². The van der Waals surface area contributed by atoms with Gasteiger partial charge in [0, 0.05) is 57.2 Å². The third-order valence-corrected chi connectivity index (χ3v) is 4.37. The summed E-state index contributed by atoms with van der Waals surface area (Å²) in [6.07, 6.45) is 4.15. The van der Waals surface area contributed by atoms with Gasteiger partial charge in [0.25, 0.3) is 0 Å². The van der Waals surface area contributed by atoms with Crippen LogP contribution in [0.1, 0.15) is 20.3 Å². The largest absolute Gasteiger partial charge is 0.491 e. The molecule has 1 aromatic carbocycles. The molecule has 0 atom stereocenters. The van der Waals surface area contributed by atoms with Gasteiger partial charge in [0.1, 0.15) is 5.75 Å². The molecule has 7 nitrogen and oxygen atoms in total. The lowest BCUT2D eigenvalue weighted by Gasteiger charge is -2.34. The minimum Gasteiger partial charge on any atom is -0.491 e. The first-order valence-electron chi connectivity index (χ1n) is 9.41. The molecule has 0 unspecified atom stereocenters. The quantitative estimate of drug-likeness (QED) is 0.808. The number of ether oxygens (including phenoxy) is 1. The first-order valence-corrected chi connectivity index (χ1v) is 9.41. The van der Waals surface area contributed by atoms with E-state index in [-0.39, 0.29) is 12.0 Å². The number of anilines is 2. The molecule has 0 radical (unpaired) electrons. The summed E-state index contributed by atoms with van der Waals surface area (Å²) in [7, 11) is 0. The fourth-order valence-electron chi connectivity index (χ4n) is 3.00. The molecule has 1 saturated heterocycles. The van der Waals surface area contributed by atoms with E-state index in [4.69, 9.17) is 4.74 Å². The van der Waals surface area contributed by atoms with Gasteiger partial charge in [-0.1, -0.05) is 0 Å². The molecule has 0 aliphatic carbocycles. The molecule has 1 aliphatic heterocycles. The fraction of sp³-hybridized carbons (Fsp3) is 0.450. The summed E-state index contributed by atoms with van der Waals surface area (Å²) in [6.45, 7) is 8.31. The van der Waals surface area contributed by atoms with Crippen LogP contribution in [0, 0.1) is 0 Å². The van der Waals surface area contributed by atoms with Crippen molar-refractivity contribution in [1.82, 2.24) is 14.9 Å². The van der Waals surface area contributed by atoms with Crippen molar-refractivity contribution in [2.75, 3.05) is 42.9 Å². The van der Waals surface area contributed by atoms with Gasteiger partial charge < -0.3 is 15.0 Å². The lowest BCUT2D eigenvalue weighted by Crippen LogP contribution is -2.47. The molecular weight excluding hydrogens is 342 g/mol. The molecule has 1 amide bonds. The highest BCUT2D eigenvalue weighted by molar-refractivity contribution is 5.90. The molecular formula is C20H27N5O2. The number of benzene rings is 1. The molecule has 144 valence electrons. The van der Waals surface area contributed by atoms with Crippen LogP contribution in [-0.4, -0.2) is 59.6 Å². The maximum Gasteiger partial charge on any atom is 0.225 e. The zero-order chi connectivity index (χ0) is 19.1. The summed E-state index contributed by atoms with van der Waals surface area (Å²) < 4.78 is 5.61. The summed E-state index contributed by atoms with van der Waals surface area (Å²) in [6, 6.07) is 9.31. The van der Waals surface area contributed by atoms with Crippen LogP contribution in [0.3, 0.4) is 0 Å². The Labute approximate surface area is 160 Å². The molecule has 1 aliphatic rings. The van der Waals surface area contributed by atoms with Crippen LogP contribution in [0.4, 0.5) is 11.6 Å². The predicted octanol–water partition coefficient (Wildman–Crippen LogP) is 2.41. The maximum atomic E-state index is 12.2. The molecule has 1 N–H and O–H groups in total. The number of carbonyl (C=O) groups excluding carboxylic acids is 1. The van der Waals surface area contributed by atoms with Gasteiger partial charge in [-0.25, -0.2) is 9.97 Å². The topological polar surface area (TPSA) is 70.6 Å². The lowest BCUT2D eigenvalue weighted by atomic mass is 10.2. The van der Waals surface area contributed by atoms with Gasteiger partial charge in [0.05, 0.1) is 6.10 Å². The number of aromatic nitrogens is 2. The first-order chi connectivity index (χ1) is 13.1. The molecule has 1 fully saturated rings. The third kappa shape index (κ3) is 5.92. The molecule has 1 aromatic heterocycles. The number of amides is 1. The molecule has 27 heavy (non-hydrogen) atoms. The van der Waals surface area contributed by atoms with Crippen LogP contribution in [0.15, 0.2) is 42.7 Å². The number of nitrogens with one attached hydrogen (secondary N) is 1. The lowest BCUT2D eigenvalue weighted by molar-refractivity contribution is -0.116. The molecule has 0 bridgehead atoms. The zero-order valence-corrected chi connectivity index (χ0v) is 16.0. The Kier molecular flexibility index (Phi) is 6.59. The summed E-state index contributed by atoms with van der Waals surface area (Å²) in [5.74, 6) is 1.62. The van der Waals surface area contributed by atoms with E-state index < -0.39 is 0 Å². The van der Waals surface area contributed by atoms with Crippen LogP contribution < -0.4 is 15.0 Å². The van der Waals surface area contributed by atoms with Crippen molar-refractivity contribution >= 4 is 17.5 Å². The summed E-state index contributed by atoms with van der Waals surface area (Å²) in [5.41, 5.74) is 0.794. The summed E-state index contributed by atoms with van der Waals surface area (Å²) in [5, 5.41) is 2.95. The fourth-order valence-corrected chi connectivity index (χ4v) is 3.00. The molecule has 3 rings (SSSR count). The van der Waals surface area contributed by atoms with Gasteiger partial charge in [0.15, 0.2) is 0 Å². The van der Waals surface area contributed by atoms with Gasteiger partial charge >= 0.3 is 0 Å². The van der Waals surface area contributed by atoms with Gasteiger partial charge in [-0.15, -0.1) is 0 Å². The second-order valence-electron chi connectivity index (χ2n) is 6.87. The monoisotopic (exact) mass is 369 g/mol. The predicted molar refractivity (Wildman–Crippen MR) is 106 cm³/mol. The Hall–Kier alpha value is -2.67. The number of rotatable bonds is 7. The van der Waals surface area contributed by atoms with E-state index >= 15 is 0 Å². The van der Waals surface area contributed by atoms with Gasteiger partial charge in [-0.3, -0.25) is 9.69 Å². The first kappa shape index (κ1) is 19.1. The van der Waals surface area contributed by atoms with E-state index in [0.29, 0.717) is 6.42 Å². The van der Waals surface area contributed by atoms with E-state index in [1.54, 1.807) is 12.4 Å². The molecule has 2 aromatic rings. The Morgan fingerprint density at radius 3 is 2.41 bits per heavy atom. The number of carbonyl (C=O) groups is 1. The van der Waals surface area contributed by atoms with Crippen molar-refractivity contribution in [3.63, 3.8) is 0 Å². The van der Waals surface area contributed by atoms with Crippen molar-refractivity contribution in [2.45, 2.75) is 26.4 Å². The molecule has 7 heteroatoms. The average Bonchev–Trinajstić information content (AvgIpc) is 2.69. The maximum absolute atomic E-state index is 12.2. The summed E-state index contributed by atoms with van der Waals surface area (Å²) >= 11 is 0. The van der Waals surface area contributed by atoms with Crippen LogP contribution >= 0.6 is 0 Å². The smallest absolute Gasteiger partial charge is 0.225 e. The second kappa shape index (κ2) is 9.32. The molecule has 0 saturated carbocycles. The number of hydrogen-bond donors (Lipinski definition) is 1. The van der Waals surface area contributed by atoms with Crippen LogP contribution in [0.5, 0.6) is 5.75 Å². The molecule has 2 heterocycles. The second-order valence-corrected chi connectivity index (χ2v) is 6.87. The minimum atomic E-state index is 0.0290. The van der Waals surface area contributed by atoms with Crippen LogP contribution in [0.2, 0.25) is 0 Å². The van der Waals surface area contributed by atoms with Crippen LogP contribution in [0.25, 0.3) is 0 Å². The van der Waals surface area contributed by atoms with Crippen LogP contribution in [-0.2, 0) is 4.79 Å². The minimum absolute atomic E-state index is 0.0290. The number of nitrogens with zero attached hydrogens (tertiary/aromatic N) is 4. The Bertz CT molecular complexity index is 713.